The first-order chi connectivity index (χ1) is 15.8. The van der Waals surface area contributed by atoms with Crippen LogP contribution in [0.4, 0.5) is 0 Å². The first-order valence-electron chi connectivity index (χ1n) is 11.0. The molecule has 3 rings (SSSR count). The third-order valence-electron chi connectivity index (χ3n) is 5.80. The Morgan fingerprint density at radius 3 is 2.61 bits per heavy atom. The SMILES string of the molecule is CC/C=C1/C(C)=CC(C#N)=NN1/C(C)=C(\C)Cc1c(Cl)ccc(C(=O)N2CCOCC2)c1Cl. The van der Waals surface area contributed by atoms with E-state index in [1.165, 1.54) is 0 Å². The highest BCUT2D eigenvalue weighted by Crippen LogP contribution is 2.33. The lowest BCUT2D eigenvalue weighted by Gasteiger charge is -2.29. The van der Waals surface area contributed by atoms with Crippen LogP contribution in [0.5, 0.6) is 0 Å². The Morgan fingerprint density at radius 2 is 1.97 bits per heavy atom. The summed E-state index contributed by atoms with van der Waals surface area (Å²) in [5.41, 5.74) is 5.27. The molecule has 1 aromatic carbocycles. The van der Waals surface area contributed by atoms with Gasteiger partial charge >= 0.3 is 0 Å². The van der Waals surface area contributed by atoms with Crippen LogP contribution in [-0.4, -0.2) is 47.8 Å². The second-order valence-electron chi connectivity index (χ2n) is 8.07. The van der Waals surface area contributed by atoms with Gasteiger partial charge in [0.05, 0.1) is 29.5 Å². The first-order valence-corrected chi connectivity index (χ1v) is 11.7. The number of allylic oxidation sites excluding steroid dienone is 5. The maximum Gasteiger partial charge on any atom is 0.255 e. The van der Waals surface area contributed by atoms with Gasteiger partial charge < -0.3 is 9.64 Å². The van der Waals surface area contributed by atoms with Gasteiger partial charge in [0.1, 0.15) is 6.07 Å². The van der Waals surface area contributed by atoms with E-state index >= 15 is 0 Å². The molecule has 0 unspecified atom stereocenters. The molecule has 0 aromatic heterocycles. The van der Waals surface area contributed by atoms with Gasteiger partial charge in [0, 0.05) is 23.8 Å². The fourth-order valence-electron chi connectivity index (χ4n) is 3.82. The molecule has 1 aromatic rings. The fraction of sp³-hybridized carbons (Fsp3) is 0.400. The first kappa shape index (κ1) is 25.0. The van der Waals surface area contributed by atoms with Gasteiger partial charge in [0.25, 0.3) is 5.91 Å². The number of hydrazone groups is 1. The Morgan fingerprint density at radius 1 is 1.27 bits per heavy atom. The van der Waals surface area contributed by atoms with E-state index in [0.29, 0.717) is 59.6 Å². The molecule has 0 aliphatic carbocycles. The average molecular weight is 487 g/mol. The zero-order valence-corrected chi connectivity index (χ0v) is 20.9. The molecule has 0 N–H and O–H groups in total. The van der Waals surface area contributed by atoms with E-state index in [1.807, 2.05) is 20.8 Å². The highest BCUT2D eigenvalue weighted by Gasteiger charge is 2.24. The molecule has 174 valence electrons. The van der Waals surface area contributed by atoms with Crippen LogP contribution in [0.25, 0.3) is 0 Å². The van der Waals surface area contributed by atoms with Crippen LogP contribution < -0.4 is 0 Å². The largest absolute Gasteiger partial charge is 0.378 e. The number of nitrogens with zero attached hydrogens (tertiary/aromatic N) is 4. The van der Waals surface area contributed by atoms with Crippen LogP contribution >= 0.6 is 23.2 Å². The lowest BCUT2D eigenvalue weighted by Crippen LogP contribution is -2.40. The van der Waals surface area contributed by atoms with Crippen molar-refractivity contribution in [2.24, 2.45) is 5.10 Å². The van der Waals surface area contributed by atoms with Crippen LogP contribution in [0.1, 0.15) is 50.0 Å². The second-order valence-corrected chi connectivity index (χ2v) is 8.85. The van der Waals surface area contributed by atoms with Crippen molar-refractivity contribution in [3.05, 3.63) is 68.0 Å². The number of morpholine rings is 1. The summed E-state index contributed by atoms with van der Waals surface area (Å²) in [5, 5.41) is 16.6. The Hall–Kier alpha value is -2.59. The summed E-state index contributed by atoms with van der Waals surface area (Å²) in [5.74, 6) is -0.118. The fourth-order valence-corrected chi connectivity index (χ4v) is 4.41. The molecule has 0 saturated carbocycles. The summed E-state index contributed by atoms with van der Waals surface area (Å²) in [4.78, 5) is 14.8. The molecule has 1 fully saturated rings. The van der Waals surface area contributed by atoms with Crippen LogP contribution in [0.3, 0.4) is 0 Å². The van der Waals surface area contributed by atoms with Crippen molar-refractivity contribution in [2.45, 2.75) is 40.5 Å². The van der Waals surface area contributed by atoms with Crippen molar-refractivity contribution < 1.29 is 9.53 Å². The molecule has 1 saturated heterocycles. The molecule has 0 radical (unpaired) electrons. The third kappa shape index (κ3) is 5.50. The van der Waals surface area contributed by atoms with Crippen molar-refractivity contribution in [2.75, 3.05) is 26.3 Å². The van der Waals surface area contributed by atoms with Gasteiger partial charge in [-0.15, -0.1) is 0 Å². The Labute approximate surface area is 205 Å². The minimum atomic E-state index is -0.118. The molecule has 0 atom stereocenters. The van der Waals surface area contributed by atoms with Gasteiger partial charge in [-0.2, -0.15) is 10.4 Å². The zero-order chi connectivity index (χ0) is 24.1. The van der Waals surface area contributed by atoms with Gasteiger partial charge in [-0.25, -0.2) is 5.01 Å². The number of benzene rings is 1. The molecular weight excluding hydrogens is 459 g/mol. The summed E-state index contributed by atoms with van der Waals surface area (Å²) < 4.78 is 5.35. The minimum absolute atomic E-state index is 0.118. The van der Waals surface area contributed by atoms with E-state index in [-0.39, 0.29) is 5.91 Å². The van der Waals surface area contributed by atoms with Crippen LogP contribution in [0.15, 0.2) is 51.9 Å². The Bertz CT molecular complexity index is 1110. The lowest BCUT2D eigenvalue weighted by atomic mass is 10.0. The summed E-state index contributed by atoms with van der Waals surface area (Å²) in [6.45, 7) is 10.1. The normalized spacial score (nSPS) is 18.5. The topological polar surface area (TPSA) is 68.9 Å². The van der Waals surface area contributed by atoms with E-state index in [9.17, 15) is 10.1 Å². The van der Waals surface area contributed by atoms with Gasteiger partial charge in [-0.1, -0.05) is 36.2 Å². The highest BCUT2D eigenvalue weighted by molar-refractivity contribution is 6.38. The van der Waals surface area contributed by atoms with E-state index in [2.05, 4.69) is 24.2 Å². The summed E-state index contributed by atoms with van der Waals surface area (Å²) in [6.07, 6.45) is 5.16. The highest BCUT2D eigenvalue weighted by atomic mass is 35.5. The number of nitriles is 1. The van der Waals surface area contributed by atoms with Gasteiger partial charge in [-0.3, -0.25) is 4.79 Å². The number of ether oxygens (including phenoxy) is 1. The molecule has 1 amide bonds. The molecule has 33 heavy (non-hydrogen) atoms. The maximum absolute atomic E-state index is 13.0. The predicted molar refractivity (Wildman–Crippen MR) is 132 cm³/mol. The van der Waals surface area contributed by atoms with Crippen molar-refractivity contribution in [1.82, 2.24) is 9.91 Å². The number of amides is 1. The molecule has 2 aliphatic heterocycles. The zero-order valence-electron chi connectivity index (χ0n) is 19.4. The average Bonchev–Trinajstić information content (AvgIpc) is 2.82. The monoisotopic (exact) mass is 486 g/mol. The van der Waals surface area contributed by atoms with E-state index < -0.39 is 0 Å². The predicted octanol–water partition coefficient (Wildman–Crippen LogP) is 5.74. The quantitative estimate of drug-likeness (QED) is 0.532. The number of rotatable bonds is 5. The van der Waals surface area contributed by atoms with Crippen molar-refractivity contribution in [3.63, 3.8) is 0 Å². The lowest BCUT2D eigenvalue weighted by molar-refractivity contribution is 0.0303. The van der Waals surface area contributed by atoms with Gasteiger partial charge in [0.15, 0.2) is 5.71 Å². The van der Waals surface area contributed by atoms with Crippen LogP contribution in [0, 0.1) is 11.3 Å². The Balaban J connectivity index is 1.96. The third-order valence-corrected chi connectivity index (χ3v) is 6.58. The molecule has 8 heteroatoms. The number of halogens is 2. The van der Waals surface area contributed by atoms with Crippen molar-refractivity contribution in [3.8, 4) is 6.07 Å². The van der Waals surface area contributed by atoms with E-state index in [0.717, 1.165) is 29.0 Å². The standard InChI is InChI=1S/C25H28Cl2N4O2/c1-5-6-23-17(3)13-19(15-28)29-31(23)18(4)16(2)14-21-22(26)8-7-20(24(21)27)25(32)30-9-11-33-12-10-30/h6-8,13H,5,9-12,14H2,1-4H3/b18-16+,23-6-. The smallest absolute Gasteiger partial charge is 0.255 e. The van der Waals surface area contributed by atoms with E-state index in [4.69, 9.17) is 27.9 Å². The molecule has 2 heterocycles. The molecule has 2 aliphatic rings. The second kappa shape index (κ2) is 11.0. The van der Waals surface area contributed by atoms with Gasteiger partial charge in [0.2, 0.25) is 0 Å². The van der Waals surface area contributed by atoms with E-state index in [1.54, 1.807) is 28.1 Å². The number of hydrogen-bond acceptors (Lipinski definition) is 5. The molecule has 0 spiro atoms. The summed E-state index contributed by atoms with van der Waals surface area (Å²) in [7, 11) is 0. The molecule has 6 nitrogen and oxygen atoms in total. The number of hydrogen-bond donors (Lipinski definition) is 0. The number of carbonyl (C=O) groups is 1. The minimum Gasteiger partial charge on any atom is -0.378 e. The van der Waals surface area contributed by atoms with Crippen molar-refractivity contribution in [1.29, 1.82) is 5.26 Å². The summed E-state index contributed by atoms with van der Waals surface area (Å²) in [6, 6.07) is 5.53. The number of carbonyl (C=O) groups excluding carboxylic acids is 1. The summed E-state index contributed by atoms with van der Waals surface area (Å²) >= 11 is 13.2. The van der Waals surface area contributed by atoms with Crippen LogP contribution in [-0.2, 0) is 11.2 Å². The molecule has 0 bridgehead atoms. The Kier molecular flexibility index (Phi) is 8.36. The maximum atomic E-state index is 13.0. The van der Waals surface area contributed by atoms with Crippen molar-refractivity contribution >= 4 is 34.8 Å². The molecular formula is C25H28Cl2N4O2. The van der Waals surface area contributed by atoms with Gasteiger partial charge in [-0.05, 0) is 68.5 Å². The van der Waals surface area contributed by atoms with Crippen LogP contribution in [0.2, 0.25) is 10.0 Å².